The fourth-order valence-corrected chi connectivity index (χ4v) is 19.0. The number of thiophene rings is 2. The van der Waals surface area contributed by atoms with Gasteiger partial charge < -0.3 is 9.80 Å². The van der Waals surface area contributed by atoms with Gasteiger partial charge in [0.25, 0.3) is 0 Å². The first-order valence-electron chi connectivity index (χ1n) is 34.3. The number of benzene rings is 18. The number of aryl methyl sites for hydroxylation is 2. The van der Waals surface area contributed by atoms with Crippen molar-refractivity contribution in [3.05, 3.63) is 339 Å². The maximum Gasteiger partial charge on any atom is 0.0625 e. The summed E-state index contributed by atoms with van der Waals surface area (Å²) in [6, 6.07) is 122. The van der Waals surface area contributed by atoms with Gasteiger partial charge >= 0.3 is 0 Å². The van der Waals surface area contributed by atoms with Gasteiger partial charge in [-0.2, -0.15) is 0 Å². The van der Waals surface area contributed by atoms with E-state index >= 15 is 0 Å². The number of hydrogen-bond acceptors (Lipinski definition) is 4. The Morgan fingerprint density at radius 1 is 0.245 bits per heavy atom. The summed E-state index contributed by atoms with van der Waals surface area (Å²) in [5.41, 5.74) is 12.8. The van der Waals surface area contributed by atoms with Crippen LogP contribution in [0.4, 0.5) is 34.1 Å². The molecule has 2 heterocycles. The molecule has 18 aromatic carbocycles. The van der Waals surface area contributed by atoms with E-state index in [-0.39, 0.29) is 0 Å². The zero-order chi connectivity index (χ0) is 64.4. The van der Waals surface area contributed by atoms with Gasteiger partial charge in [0.15, 0.2) is 0 Å². The van der Waals surface area contributed by atoms with Crippen molar-refractivity contribution >= 4 is 194 Å². The molecule has 460 valence electrons. The number of anilines is 6. The molecule has 0 amide bonds. The van der Waals surface area contributed by atoms with Crippen LogP contribution in [0.2, 0.25) is 0 Å². The number of rotatable bonds is 7. The molecule has 0 saturated carbocycles. The van der Waals surface area contributed by atoms with Gasteiger partial charge in [-0.1, -0.05) is 273 Å². The van der Waals surface area contributed by atoms with Gasteiger partial charge in [0.2, 0.25) is 0 Å². The predicted octanol–water partition coefficient (Wildman–Crippen LogP) is 28.0. The topological polar surface area (TPSA) is 6.48 Å². The van der Waals surface area contributed by atoms with Crippen LogP contribution in [0.25, 0.3) is 148 Å². The second kappa shape index (κ2) is 23.0. The van der Waals surface area contributed by atoms with E-state index in [0.717, 1.165) is 24.2 Å². The molecule has 2 aromatic heterocycles. The highest BCUT2D eigenvalue weighted by Gasteiger charge is 2.30. The summed E-state index contributed by atoms with van der Waals surface area (Å²) in [5, 5.41) is 27.9. The fraction of sp³-hybridized carbons (Fsp3) is 0.0426. The fourth-order valence-electron chi connectivity index (χ4n) is 16.6. The Morgan fingerprint density at radius 3 is 1.23 bits per heavy atom. The first-order chi connectivity index (χ1) is 48.6. The third-order valence-electron chi connectivity index (χ3n) is 21.0. The maximum atomic E-state index is 2.62. The Morgan fingerprint density at radius 2 is 0.653 bits per heavy atom. The molecular formula is C94H62N2S2. The van der Waals surface area contributed by atoms with Crippen LogP contribution < -0.4 is 9.80 Å². The van der Waals surface area contributed by atoms with Gasteiger partial charge in [-0.3, -0.25) is 0 Å². The van der Waals surface area contributed by atoms with Crippen molar-refractivity contribution < 1.29 is 0 Å². The number of nitrogens with zero attached hydrogens (tertiary/aromatic N) is 2. The highest BCUT2D eigenvalue weighted by atomic mass is 32.1. The molecule has 1 aliphatic rings. The molecule has 0 atom stereocenters. The zero-order valence-corrected chi connectivity index (χ0v) is 55.3. The molecule has 4 heteroatoms. The summed E-state index contributed by atoms with van der Waals surface area (Å²) in [6.07, 6.45) is 4.82. The second-order valence-electron chi connectivity index (χ2n) is 26.3. The molecule has 1 aliphatic carbocycles. The molecule has 0 spiro atoms. The van der Waals surface area contributed by atoms with Crippen molar-refractivity contribution in [2.75, 3.05) is 9.80 Å². The summed E-state index contributed by atoms with van der Waals surface area (Å²) < 4.78 is 5.44. The van der Waals surface area contributed by atoms with Crippen molar-refractivity contribution in [1.29, 1.82) is 0 Å². The summed E-state index contributed by atoms with van der Waals surface area (Å²) in [7, 11) is 0. The number of hydrogen-bond donors (Lipinski definition) is 0. The minimum Gasteiger partial charge on any atom is -0.309 e. The average Bonchev–Trinajstić information content (AvgIpc) is 1.03. The van der Waals surface area contributed by atoms with Crippen LogP contribution in [0.3, 0.4) is 0 Å². The average molecular weight is 1280 g/mol. The third kappa shape index (κ3) is 8.98. The van der Waals surface area contributed by atoms with E-state index in [0.29, 0.717) is 0 Å². The van der Waals surface area contributed by atoms with Gasteiger partial charge in [-0.05, 0) is 172 Å². The summed E-state index contributed by atoms with van der Waals surface area (Å²) >= 11 is 3.85. The van der Waals surface area contributed by atoms with E-state index < -0.39 is 0 Å². The summed E-state index contributed by atoms with van der Waals surface area (Å²) in [6.45, 7) is 0. The molecule has 98 heavy (non-hydrogen) atoms. The Labute approximate surface area is 575 Å². The normalized spacial score (nSPS) is 12.5. The molecule has 0 fully saturated rings. The van der Waals surface area contributed by atoms with Gasteiger partial charge in [0.05, 0.1) is 28.4 Å². The Bertz CT molecular complexity index is 6550. The van der Waals surface area contributed by atoms with Crippen LogP contribution in [0.1, 0.15) is 24.0 Å². The lowest BCUT2D eigenvalue weighted by Gasteiger charge is -2.32. The highest BCUT2D eigenvalue weighted by molar-refractivity contribution is 7.26. The van der Waals surface area contributed by atoms with Crippen molar-refractivity contribution in [2.45, 2.75) is 25.7 Å². The lowest BCUT2D eigenvalue weighted by molar-refractivity contribution is 0.691. The molecule has 0 N–H and O–H groups in total. The van der Waals surface area contributed by atoms with Gasteiger partial charge in [-0.15, -0.1) is 22.7 Å². The smallest absolute Gasteiger partial charge is 0.0625 e. The maximum absolute atomic E-state index is 2.62. The lowest BCUT2D eigenvalue weighted by atomic mass is 9.87. The monoisotopic (exact) mass is 1280 g/mol. The van der Waals surface area contributed by atoms with Crippen LogP contribution >= 0.6 is 22.7 Å². The Hall–Kier alpha value is -11.7. The highest BCUT2D eigenvalue weighted by Crippen LogP contribution is 2.55. The first kappa shape index (κ1) is 56.7. The van der Waals surface area contributed by atoms with E-state index in [1.807, 2.05) is 22.7 Å². The van der Waals surface area contributed by atoms with Crippen LogP contribution in [0, 0.1) is 0 Å². The van der Waals surface area contributed by atoms with E-state index in [9.17, 15) is 0 Å². The minimum atomic E-state index is 1.14. The zero-order valence-electron chi connectivity index (χ0n) is 53.7. The molecule has 0 radical (unpaired) electrons. The molecule has 20 aromatic rings. The first-order valence-corrected chi connectivity index (χ1v) is 35.9. The van der Waals surface area contributed by atoms with E-state index in [2.05, 4.69) is 337 Å². The third-order valence-corrected chi connectivity index (χ3v) is 23.3. The Kier molecular flexibility index (Phi) is 13.3. The van der Waals surface area contributed by atoms with Crippen LogP contribution in [0.5, 0.6) is 0 Å². The summed E-state index contributed by atoms with van der Waals surface area (Å²) in [5.74, 6) is 0. The molecule has 2 nitrogen and oxygen atoms in total. The molecule has 0 unspecified atom stereocenters. The van der Waals surface area contributed by atoms with Crippen LogP contribution in [-0.2, 0) is 12.8 Å². The Balaban J connectivity index is 0.000000134. The van der Waals surface area contributed by atoms with Crippen molar-refractivity contribution in [2.24, 2.45) is 0 Å². The molecule has 0 saturated heterocycles. The van der Waals surface area contributed by atoms with Gasteiger partial charge in [-0.25, -0.2) is 0 Å². The predicted molar refractivity (Wildman–Crippen MR) is 428 cm³/mol. The van der Waals surface area contributed by atoms with Crippen molar-refractivity contribution in [1.82, 2.24) is 0 Å². The van der Waals surface area contributed by atoms with E-state index in [4.69, 9.17) is 0 Å². The molecule has 0 aliphatic heterocycles. The molecule has 0 bridgehead atoms. The second-order valence-corrected chi connectivity index (χ2v) is 28.5. The molecule has 21 rings (SSSR count). The SMILES string of the molecule is c1ccc2c(-c3c(N(c4ccc5sc6ccccc6c5c4)c4cc5ccccc5c5ccccc45)c4ccccc4c4ccccc34)cccc2c1.c1ccc2c(c1)cc(N(c1cc3ccccc3c3ccccc13)c1cc3c(c4sc5ccccc5c14)CCCC3)c1ccccc12. The van der Waals surface area contributed by atoms with Gasteiger partial charge in [0.1, 0.15) is 0 Å². The minimum absolute atomic E-state index is 1.14. The van der Waals surface area contributed by atoms with Crippen molar-refractivity contribution in [3.63, 3.8) is 0 Å². The summed E-state index contributed by atoms with van der Waals surface area (Å²) in [4.78, 5) is 5.20. The van der Waals surface area contributed by atoms with Crippen LogP contribution in [0.15, 0.2) is 328 Å². The van der Waals surface area contributed by atoms with E-state index in [1.54, 1.807) is 5.56 Å². The standard InChI is InChI=1S/C50H31NS.C44H31NS/c1-3-17-35-32(14-1)16-13-26-42(35)49-43-24-9-6-20-38(43)39-21-7-10-25-44(39)50(49)51(34-28-29-48-45(31-34)41-23-11-12-27-47(41)52-48)46-30-33-15-2-4-18-36(33)37-19-5-8-22-40(37)46;1-4-16-31-28(13-1)25-39(36-21-9-7-19-34(31)36)45(40-26-29-14-2-5-17-32(29)35-20-8-10-22-37(35)40)41-27-30-15-3-6-18-33(30)44-43(41)38-23-11-12-24-42(38)46-44/h1-31H;1-2,4-5,7-14,16-17,19-27H,3,6,15,18H2. The molecular weight excluding hydrogens is 1220 g/mol. The van der Waals surface area contributed by atoms with Crippen LogP contribution in [-0.4, -0.2) is 0 Å². The number of fused-ring (bicyclic) bond motifs is 21. The van der Waals surface area contributed by atoms with E-state index in [1.165, 1.54) is 190 Å². The largest absolute Gasteiger partial charge is 0.309 e. The lowest BCUT2D eigenvalue weighted by Crippen LogP contribution is -2.14. The van der Waals surface area contributed by atoms with Crippen molar-refractivity contribution in [3.8, 4) is 11.1 Å². The van der Waals surface area contributed by atoms with Gasteiger partial charge in [0, 0.05) is 73.1 Å². The quantitative estimate of drug-likeness (QED) is 0.147.